The third-order valence-corrected chi connectivity index (χ3v) is 7.50. The number of phenols is 1. The van der Waals surface area contributed by atoms with E-state index in [1.54, 1.807) is 6.92 Å². The van der Waals surface area contributed by atoms with E-state index in [1.165, 1.54) is 18.1 Å². The molecule has 1 aromatic rings. The van der Waals surface area contributed by atoms with Crippen molar-refractivity contribution in [2.24, 2.45) is 5.92 Å². The van der Waals surface area contributed by atoms with Crippen LogP contribution in [0.25, 0.3) is 0 Å². The van der Waals surface area contributed by atoms with Gasteiger partial charge in [-0.25, -0.2) is 0 Å². The zero-order valence-corrected chi connectivity index (χ0v) is 22.1. The molecule has 0 amide bonds. The minimum Gasteiger partial charge on any atom is -0.504 e. The number of aliphatic hydroxyl groups is 2. The molecule has 35 heavy (non-hydrogen) atoms. The maximum absolute atomic E-state index is 11.6. The number of phenolic OH excluding ortho intramolecular Hbond substituents is 1. The van der Waals surface area contributed by atoms with Crippen LogP contribution in [-0.2, 0) is 14.3 Å². The summed E-state index contributed by atoms with van der Waals surface area (Å²) in [5.41, 5.74) is 4.13. The van der Waals surface area contributed by atoms with Gasteiger partial charge in [0.05, 0.1) is 6.10 Å². The lowest BCUT2D eigenvalue weighted by molar-refractivity contribution is -0.273. The standard InChI is InChI=1S/C28H42O7/c1-14(2)9-8-10-15(3)20-12-11-16(4)22-21(20)13-17(5)26(24(22)31)35-28-27(34-19(7)29)25(32)23(30)18(6)33-28/h9,13,15-16,18,20,23,25,27-28,30-32H,8,10-12H2,1-7H3/t15-,16-,18+,20+,23+,25-,27+,28-/m0/s1. The molecular formula is C28H42O7. The normalized spacial score (nSPS) is 31.3. The largest absolute Gasteiger partial charge is 0.504 e. The van der Waals surface area contributed by atoms with Crippen molar-refractivity contribution in [2.75, 3.05) is 0 Å². The number of benzene rings is 1. The number of carbonyl (C=O) groups excluding carboxylic acids is 1. The Labute approximate surface area is 209 Å². The summed E-state index contributed by atoms with van der Waals surface area (Å²) in [5, 5.41) is 32.1. The summed E-state index contributed by atoms with van der Waals surface area (Å²) in [5.74, 6) is 0.686. The van der Waals surface area contributed by atoms with Crippen LogP contribution in [0.15, 0.2) is 17.7 Å². The number of hydrogen-bond acceptors (Lipinski definition) is 7. The number of carbonyl (C=O) groups is 1. The van der Waals surface area contributed by atoms with E-state index in [0.717, 1.165) is 36.8 Å². The molecular weight excluding hydrogens is 448 g/mol. The molecule has 2 aliphatic rings. The lowest BCUT2D eigenvalue weighted by atomic mass is 9.70. The summed E-state index contributed by atoms with van der Waals surface area (Å²) >= 11 is 0. The Bertz CT molecular complexity index is 936. The van der Waals surface area contributed by atoms with Gasteiger partial charge < -0.3 is 29.5 Å². The summed E-state index contributed by atoms with van der Waals surface area (Å²) in [4.78, 5) is 11.6. The first kappa shape index (κ1) is 27.5. The highest BCUT2D eigenvalue weighted by Gasteiger charge is 2.47. The van der Waals surface area contributed by atoms with E-state index in [0.29, 0.717) is 11.8 Å². The molecule has 0 saturated carbocycles. The van der Waals surface area contributed by atoms with E-state index in [4.69, 9.17) is 14.2 Å². The molecule has 1 aliphatic carbocycles. The van der Waals surface area contributed by atoms with Crippen molar-refractivity contribution in [1.29, 1.82) is 0 Å². The molecule has 1 aromatic carbocycles. The summed E-state index contributed by atoms with van der Waals surface area (Å²) < 4.78 is 17.1. The van der Waals surface area contributed by atoms with Gasteiger partial charge in [-0.05, 0) is 82.3 Å². The molecule has 3 N–H and O–H groups in total. The molecule has 196 valence electrons. The first-order valence-corrected chi connectivity index (χ1v) is 12.8. The van der Waals surface area contributed by atoms with Crippen LogP contribution in [0.1, 0.15) is 95.8 Å². The van der Waals surface area contributed by atoms with Crippen molar-refractivity contribution in [3.8, 4) is 11.5 Å². The fraction of sp³-hybridized carbons (Fsp3) is 0.679. The molecule has 3 rings (SSSR count). The van der Waals surface area contributed by atoms with Crippen LogP contribution in [0.4, 0.5) is 0 Å². The average molecular weight is 491 g/mol. The highest BCUT2D eigenvalue weighted by Crippen LogP contribution is 2.51. The van der Waals surface area contributed by atoms with Crippen molar-refractivity contribution >= 4 is 5.97 Å². The van der Waals surface area contributed by atoms with Gasteiger partial charge in [0.15, 0.2) is 17.6 Å². The summed E-state index contributed by atoms with van der Waals surface area (Å²) in [6.07, 6.45) is 0.694. The zero-order chi connectivity index (χ0) is 26.0. The van der Waals surface area contributed by atoms with Gasteiger partial charge in [-0.1, -0.05) is 31.6 Å². The van der Waals surface area contributed by atoms with Crippen LogP contribution in [0.5, 0.6) is 11.5 Å². The second-order valence-electron chi connectivity index (χ2n) is 10.7. The fourth-order valence-electron chi connectivity index (χ4n) is 5.48. The number of aromatic hydroxyl groups is 1. The first-order chi connectivity index (χ1) is 16.4. The number of hydrogen-bond donors (Lipinski definition) is 3. The Hall–Kier alpha value is -2.09. The third-order valence-electron chi connectivity index (χ3n) is 7.50. The Kier molecular flexibility index (Phi) is 8.89. The number of ether oxygens (including phenoxy) is 3. The third kappa shape index (κ3) is 6.01. The highest BCUT2D eigenvalue weighted by molar-refractivity contribution is 5.66. The van der Waals surface area contributed by atoms with Gasteiger partial charge in [0.25, 0.3) is 0 Å². The predicted molar refractivity (Wildman–Crippen MR) is 134 cm³/mol. The fourth-order valence-corrected chi connectivity index (χ4v) is 5.48. The van der Waals surface area contributed by atoms with Crippen molar-refractivity contribution < 1.29 is 34.3 Å². The number of aryl methyl sites for hydroxylation is 1. The van der Waals surface area contributed by atoms with Crippen LogP contribution >= 0.6 is 0 Å². The van der Waals surface area contributed by atoms with Gasteiger partial charge in [-0.3, -0.25) is 4.79 Å². The van der Waals surface area contributed by atoms with E-state index >= 15 is 0 Å². The number of aliphatic hydroxyl groups excluding tert-OH is 2. The highest BCUT2D eigenvalue weighted by atomic mass is 16.7. The van der Waals surface area contributed by atoms with Gasteiger partial charge in [0, 0.05) is 12.5 Å². The topological polar surface area (TPSA) is 105 Å². The minimum atomic E-state index is -1.38. The Morgan fingerprint density at radius 1 is 1.20 bits per heavy atom. The summed E-state index contributed by atoms with van der Waals surface area (Å²) in [6, 6.07) is 2.10. The molecule has 1 aliphatic heterocycles. The maximum Gasteiger partial charge on any atom is 0.303 e. The lowest BCUT2D eigenvalue weighted by Gasteiger charge is -2.41. The second kappa shape index (κ2) is 11.3. The molecule has 0 spiro atoms. The van der Waals surface area contributed by atoms with E-state index < -0.39 is 36.7 Å². The lowest BCUT2D eigenvalue weighted by Crippen LogP contribution is -2.59. The van der Waals surface area contributed by atoms with Crippen LogP contribution in [0.2, 0.25) is 0 Å². The zero-order valence-electron chi connectivity index (χ0n) is 22.1. The van der Waals surface area contributed by atoms with Crippen LogP contribution in [0.3, 0.4) is 0 Å². The Balaban J connectivity index is 1.93. The minimum absolute atomic E-state index is 0.0761. The number of rotatable bonds is 7. The molecule has 0 unspecified atom stereocenters. The Morgan fingerprint density at radius 3 is 2.51 bits per heavy atom. The second-order valence-corrected chi connectivity index (χ2v) is 10.7. The monoisotopic (exact) mass is 490 g/mol. The summed E-state index contributed by atoms with van der Waals surface area (Å²) in [7, 11) is 0. The van der Waals surface area contributed by atoms with Crippen molar-refractivity contribution in [1.82, 2.24) is 0 Å². The number of fused-ring (bicyclic) bond motifs is 1. The molecule has 0 radical (unpaired) electrons. The van der Waals surface area contributed by atoms with E-state index in [9.17, 15) is 20.1 Å². The van der Waals surface area contributed by atoms with Gasteiger partial charge in [-0.15, -0.1) is 0 Å². The van der Waals surface area contributed by atoms with Crippen LogP contribution < -0.4 is 4.74 Å². The smallest absolute Gasteiger partial charge is 0.303 e. The van der Waals surface area contributed by atoms with Gasteiger partial charge in [-0.2, -0.15) is 0 Å². The summed E-state index contributed by atoms with van der Waals surface area (Å²) in [6.45, 7) is 13.3. The van der Waals surface area contributed by atoms with Crippen molar-refractivity contribution in [2.45, 2.75) is 117 Å². The van der Waals surface area contributed by atoms with Crippen molar-refractivity contribution in [3.63, 3.8) is 0 Å². The average Bonchev–Trinajstić information content (AvgIpc) is 2.76. The number of allylic oxidation sites excluding steroid dienone is 2. The molecule has 1 heterocycles. The first-order valence-electron chi connectivity index (χ1n) is 12.8. The molecule has 8 atom stereocenters. The molecule has 0 bridgehead atoms. The van der Waals surface area contributed by atoms with Gasteiger partial charge in [0.2, 0.25) is 6.29 Å². The van der Waals surface area contributed by atoms with Crippen molar-refractivity contribution in [3.05, 3.63) is 34.4 Å². The van der Waals surface area contributed by atoms with Gasteiger partial charge in [0.1, 0.15) is 12.2 Å². The Morgan fingerprint density at radius 2 is 1.89 bits per heavy atom. The molecule has 0 aromatic heterocycles. The van der Waals surface area contributed by atoms with Crippen LogP contribution in [-0.4, -0.2) is 52.0 Å². The number of esters is 1. The maximum atomic E-state index is 11.6. The molecule has 1 saturated heterocycles. The van der Waals surface area contributed by atoms with E-state index in [2.05, 4.69) is 39.8 Å². The SMILES string of the molecule is CC(=O)O[C@H]1[C@H](Oc2c(C)cc3c(c2O)[C@@H](C)CC[C@@H]3[C@@H](C)CCC=C(C)C)O[C@H](C)[C@@H](O)[C@@H]1O. The van der Waals surface area contributed by atoms with Gasteiger partial charge >= 0.3 is 5.97 Å². The van der Waals surface area contributed by atoms with E-state index in [1.807, 2.05) is 6.92 Å². The molecule has 7 nitrogen and oxygen atoms in total. The molecule has 7 heteroatoms. The molecule has 1 fully saturated rings. The quantitative estimate of drug-likeness (QED) is 0.371. The van der Waals surface area contributed by atoms with Crippen LogP contribution in [0, 0.1) is 12.8 Å². The predicted octanol–water partition coefficient (Wildman–Crippen LogP) is 4.84. The van der Waals surface area contributed by atoms with E-state index in [-0.39, 0.29) is 17.4 Å².